The third-order valence-corrected chi connectivity index (χ3v) is 1.83. The van der Waals surface area contributed by atoms with Gasteiger partial charge in [0.05, 0.1) is 7.11 Å². The first-order valence-electron chi connectivity index (χ1n) is 3.10. The Bertz CT molecular complexity index is 358. The molecule has 0 spiro atoms. The van der Waals surface area contributed by atoms with Gasteiger partial charge in [-0.15, -0.1) is 0 Å². The standard InChI is InChI=1S/C6H4BrFN2O3/c1-13-4-2-3(8)5(7)9-6(4)10(11)12/h2H,1H3. The normalized spacial score (nSPS) is 9.77. The molecule has 0 aliphatic rings. The maximum absolute atomic E-state index is 12.8. The molecule has 5 nitrogen and oxygen atoms in total. The van der Waals surface area contributed by atoms with Crippen LogP contribution in [0.2, 0.25) is 0 Å². The van der Waals surface area contributed by atoms with Crippen LogP contribution < -0.4 is 4.74 Å². The lowest BCUT2D eigenvalue weighted by atomic mass is 10.4. The monoisotopic (exact) mass is 250 g/mol. The number of rotatable bonds is 2. The summed E-state index contributed by atoms with van der Waals surface area (Å²) in [5.74, 6) is -1.43. The van der Waals surface area contributed by atoms with E-state index in [1.54, 1.807) is 0 Å². The summed E-state index contributed by atoms with van der Waals surface area (Å²) in [6.07, 6.45) is 0. The van der Waals surface area contributed by atoms with Crippen molar-refractivity contribution in [2.24, 2.45) is 0 Å². The zero-order chi connectivity index (χ0) is 10.0. The summed E-state index contributed by atoms with van der Waals surface area (Å²) in [5.41, 5.74) is 0. The molecule has 1 heterocycles. The van der Waals surface area contributed by atoms with E-state index >= 15 is 0 Å². The highest BCUT2D eigenvalue weighted by molar-refractivity contribution is 9.10. The summed E-state index contributed by atoms with van der Waals surface area (Å²) < 4.78 is 17.2. The zero-order valence-electron chi connectivity index (χ0n) is 6.45. The molecule has 0 atom stereocenters. The number of halogens is 2. The number of nitrogens with zero attached hydrogens (tertiary/aromatic N) is 2. The molecule has 0 saturated carbocycles. The summed E-state index contributed by atoms with van der Waals surface area (Å²) >= 11 is 2.73. The summed E-state index contributed by atoms with van der Waals surface area (Å²) in [4.78, 5) is 13.0. The van der Waals surface area contributed by atoms with Crippen molar-refractivity contribution in [3.8, 4) is 5.75 Å². The third kappa shape index (κ3) is 1.92. The van der Waals surface area contributed by atoms with Crippen LogP contribution in [0.4, 0.5) is 10.2 Å². The second-order valence-electron chi connectivity index (χ2n) is 2.04. The minimum atomic E-state index is -0.747. The first kappa shape index (κ1) is 9.85. The predicted molar refractivity (Wildman–Crippen MR) is 45.1 cm³/mol. The van der Waals surface area contributed by atoms with Crippen LogP contribution in [0, 0.1) is 15.9 Å². The Kier molecular flexibility index (Phi) is 2.76. The molecule has 13 heavy (non-hydrogen) atoms. The number of ether oxygens (including phenoxy) is 1. The molecule has 70 valence electrons. The number of methoxy groups -OCH3 is 1. The average Bonchev–Trinajstić information content (AvgIpc) is 2.08. The molecule has 0 fully saturated rings. The van der Waals surface area contributed by atoms with E-state index in [0.717, 1.165) is 6.07 Å². The summed E-state index contributed by atoms with van der Waals surface area (Å²) in [7, 11) is 1.21. The highest BCUT2D eigenvalue weighted by Gasteiger charge is 2.21. The van der Waals surface area contributed by atoms with Crippen molar-refractivity contribution in [2.75, 3.05) is 7.11 Å². The first-order valence-corrected chi connectivity index (χ1v) is 3.90. The van der Waals surface area contributed by atoms with Gasteiger partial charge in [0, 0.05) is 22.0 Å². The number of nitro groups is 1. The molecular weight excluding hydrogens is 247 g/mol. The highest BCUT2D eigenvalue weighted by Crippen LogP contribution is 2.28. The van der Waals surface area contributed by atoms with Crippen LogP contribution >= 0.6 is 15.9 Å². The molecule has 0 N–H and O–H groups in total. The predicted octanol–water partition coefficient (Wildman–Crippen LogP) is 1.90. The van der Waals surface area contributed by atoms with Gasteiger partial charge in [-0.2, -0.15) is 0 Å². The zero-order valence-corrected chi connectivity index (χ0v) is 8.04. The Morgan fingerprint density at radius 3 is 2.85 bits per heavy atom. The largest absolute Gasteiger partial charge is 0.489 e. The summed E-state index contributed by atoms with van der Waals surface area (Å²) in [6, 6.07) is 0.898. The highest BCUT2D eigenvalue weighted by atomic mass is 79.9. The Labute approximate surface area is 80.8 Å². The van der Waals surface area contributed by atoms with Crippen LogP contribution in [-0.2, 0) is 0 Å². The third-order valence-electron chi connectivity index (χ3n) is 1.27. The number of pyridine rings is 1. The smallest absolute Gasteiger partial charge is 0.407 e. The van der Waals surface area contributed by atoms with Gasteiger partial charge in [-0.1, -0.05) is 0 Å². The van der Waals surface area contributed by atoms with Gasteiger partial charge < -0.3 is 14.9 Å². The Hall–Kier alpha value is -1.24. The van der Waals surface area contributed by atoms with E-state index < -0.39 is 16.6 Å². The molecule has 0 aliphatic carbocycles. The van der Waals surface area contributed by atoms with E-state index in [0.29, 0.717) is 0 Å². The Morgan fingerprint density at radius 2 is 2.38 bits per heavy atom. The van der Waals surface area contributed by atoms with Crippen molar-refractivity contribution >= 4 is 21.7 Å². The Balaban J connectivity index is 3.33. The van der Waals surface area contributed by atoms with Crippen LogP contribution in [0.5, 0.6) is 5.75 Å². The average molecular weight is 251 g/mol. The van der Waals surface area contributed by atoms with Gasteiger partial charge in [0.15, 0.2) is 5.82 Å². The molecule has 0 unspecified atom stereocenters. The maximum Gasteiger partial charge on any atom is 0.407 e. The van der Waals surface area contributed by atoms with Crippen molar-refractivity contribution in [1.82, 2.24) is 4.98 Å². The SMILES string of the molecule is COc1cc(F)c(Br)nc1[N+](=O)[O-]. The molecule has 0 aliphatic heterocycles. The van der Waals surface area contributed by atoms with Crippen LogP contribution in [0.1, 0.15) is 0 Å². The molecule has 0 aromatic carbocycles. The second-order valence-corrected chi connectivity index (χ2v) is 2.80. The number of aromatic nitrogens is 1. The molecule has 7 heteroatoms. The lowest BCUT2D eigenvalue weighted by Crippen LogP contribution is -1.98. The van der Waals surface area contributed by atoms with Gasteiger partial charge in [0.25, 0.3) is 4.60 Å². The van der Waals surface area contributed by atoms with E-state index in [1.807, 2.05) is 0 Å². The van der Waals surface area contributed by atoms with Gasteiger partial charge in [-0.3, -0.25) is 0 Å². The van der Waals surface area contributed by atoms with Gasteiger partial charge in [-0.05, 0) is 9.91 Å². The maximum atomic E-state index is 12.8. The minimum absolute atomic E-state index is 0.203. The molecule has 0 radical (unpaired) electrons. The molecule has 1 aromatic rings. The second kappa shape index (κ2) is 3.65. The van der Waals surface area contributed by atoms with Crippen molar-refractivity contribution in [1.29, 1.82) is 0 Å². The molecule has 0 saturated heterocycles. The topological polar surface area (TPSA) is 65.3 Å². The fraction of sp³-hybridized carbons (Fsp3) is 0.167. The Morgan fingerprint density at radius 1 is 1.77 bits per heavy atom. The van der Waals surface area contributed by atoms with Crippen LogP contribution in [-0.4, -0.2) is 17.0 Å². The van der Waals surface area contributed by atoms with Gasteiger partial charge in [0.1, 0.15) is 0 Å². The van der Waals surface area contributed by atoms with Crippen molar-refractivity contribution < 1.29 is 14.1 Å². The van der Waals surface area contributed by atoms with E-state index in [2.05, 4.69) is 25.7 Å². The molecule has 1 rings (SSSR count). The van der Waals surface area contributed by atoms with Crippen LogP contribution in [0.3, 0.4) is 0 Å². The number of hydrogen-bond donors (Lipinski definition) is 0. The van der Waals surface area contributed by atoms with Gasteiger partial charge >= 0.3 is 5.82 Å². The van der Waals surface area contributed by atoms with E-state index in [4.69, 9.17) is 0 Å². The van der Waals surface area contributed by atoms with Gasteiger partial charge in [-0.25, -0.2) is 4.39 Å². The van der Waals surface area contributed by atoms with Crippen LogP contribution in [0.15, 0.2) is 10.7 Å². The van der Waals surface area contributed by atoms with Crippen molar-refractivity contribution in [2.45, 2.75) is 0 Å². The quantitative estimate of drug-likeness (QED) is 0.457. The number of hydrogen-bond acceptors (Lipinski definition) is 4. The van der Waals surface area contributed by atoms with Crippen LogP contribution in [0.25, 0.3) is 0 Å². The van der Waals surface area contributed by atoms with E-state index in [1.165, 1.54) is 7.11 Å². The van der Waals surface area contributed by atoms with Crippen molar-refractivity contribution in [3.05, 3.63) is 26.6 Å². The minimum Gasteiger partial charge on any atom is -0.489 e. The van der Waals surface area contributed by atoms with E-state index in [-0.39, 0.29) is 10.4 Å². The first-order chi connectivity index (χ1) is 6.06. The van der Waals surface area contributed by atoms with Crippen molar-refractivity contribution in [3.63, 3.8) is 0 Å². The fourth-order valence-corrected chi connectivity index (χ4v) is 1.00. The molecule has 0 amide bonds. The lowest BCUT2D eigenvalue weighted by molar-refractivity contribution is -0.390. The lowest BCUT2D eigenvalue weighted by Gasteiger charge is -2.00. The molecule has 1 aromatic heterocycles. The molecule has 0 bridgehead atoms. The summed E-state index contributed by atoms with van der Waals surface area (Å²) in [6.45, 7) is 0. The molecular formula is C6H4BrFN2O3. The van der Waals surface area contributed by atoms with Gasteiger partial charge in [0.2, 0.25) is 5.75 Å². The summed E-state index contributed by atoms with van der Waals surface area (Å²) in [5, 5.41) is 10.4. The fourth-order valence-electron chi connectivity index (χ4n) is 0.722. The van der Waals surface area contributed by atoms with E-state index in [9.17, 15) is 14.5 Å².